The third kappa shape index (κ3) is 2.60. The van der Waals surface area contributed by atoms with Gasteiger partial charge in [0.1, 0.15) is 0 Å². The second-order valence-corrected chi connectivity index (χ2v) is 5.45. The predicted molar refractivity (Wildman–Crippen MR) is 72.0 cm³/mol. The topological polar surface area (TPSA) is 50.4 Å². The third-order valence-corrected chi connectivity index (χ3v) is 3.20. The van der Waals surface area contributed by atoms with Gasteiger partial charge >= 0.3 is 0 Å². The van der Waals surface area contributed by atoms with Gasteiger partial charge in [-0.2, -0.15) is 0 Å². The maximum atomic E-state index is 5.68. The molecule has 1 unspecified atom stereocenters. The van der Waals surface area contributed by atoms with Crippen LogP contribution in [-0.4, -0.2) is 12.5 Å². The SMILES string of the molecule is CC(C)Cc1ccc(C2(C)CN=C(N)N2)cc1. The van der Waals surface area contributed by atoms with Crippen LogP contribution in [0.5, 0.6) is 0 Å². The Kier molecular flexibility index (Phi) is 3.09. The van der Waals surface area contributed by atoms with Gasteiger partial charge in [-0.15, -0.1) is 0 Å². The summed E-state index contributed by atoms with van der Waals surface area (Å²) in [4.78, 5) is 4.22. The lowest BCUT2D eigenvalue weighted by Gasteiger charge is -2.25. The van der Waals surface area contributed by atoms with Crippen LogP contribution < -0.4 is 11.1 Å². The van der Waals surface area contributed by atoms with Gasteiger partial charge in [-0.3, -0.25) is 4.99 Å². The van der Waals surface area contributed by atoms with E-state index in [4.69, 9.17) is 5.73 Å². The van der Waals surface area contributed by atoms with E-state index in [1.807, 2.05) is 0 Å². The molecule has 0 saturated heterocycles. The van der Waals surface area contributed by atoms with Gasteiger partial charge in [-0.25, -0.2) is 0 Å². The van der Waals surface area contributed by atoms with Gasteiger partial charge in [0.05, 0.1) is 12.1 Å². The molecule has 1 heterocycles. The number of guanidine groups is 1. The van der Waals surface area contributed by atoms with Crippen molar-refractivity contribution < 1.29 is 0 Å². The summed E-state index contributed by atoms with van der Waals surface area (Å²) in [5, 5.41) is 3.23. The summed E-state index contributed by atoms with van der Waals surface area (Å²) < 4.78 is 0. The summed E-state index contributed by atoms with van der Waals surface area (Å²) >= 11 is 0. The highest BCUT2D eigenvalue weighted by atomic mass is 15.2. The van der Waals surface area contributed by atoms with E-state index in [0.717, 1.165) is 6.42 Å². The maximum absolute atomic E-state index is 5.68. The van der Waals surface area contributed by atoms with Gasteiger partial charge in [0.2, 0.25) is 0 Å². The van der Waals surface area contributed by atoms with Crippen molar-refractivity contribution in [3.8, 4) is 0 Å². The molecule has 1 aromatic rings. The fraction of sp³-hybridized carbons (Fsp3) is 0.500. The predicted octanol–water partition coefficient (Wildman–Crippen LogP) is 2.02. The minimum absolute atomic E-state index is 0.138. The van der Waals surface area contributed by atoms with Crippen LogP contribution in [-0.2, 0) is 12.0 Å². The van der Waals surface area contributed by atoms with Gasteiger partial charge in [-0.05, 0) is 30.4 Å². The first kappa shape index (κ1) is 12.0. The first-order valence-electron chi connectivity index (χ1n) is 6.17. The Hall–Kier alpha value is -1.51. The lowest BCUT2D eigenvalue weighted by molar-refractivity contribution is 0.479. The molecule has 1 aromatic carbocycles. The number of aliphatic imine (C=N–C) groups is 1. The number of rotatable bonds is 3. The van der Waals surface area contributed by atoms with Crippen molar-refractivity contribution in [1.82, 2.24) is 5.32 Å². The maximum Gasteiger partial charge on any atom is 0.189 e. The number of nitrogens with two attached hydrogens (primary N) is 1. The fourth-order valence-corrected chi connectivity index (χ4v) is 2.25. The molecule has 3 heteroatoms. The van der Waals surface area contributed by atoms with Crippen LogP contribution in [0.15, 0.2) is 29.3 Å². The summed E-state index contributed by atoms with van der Waals surface area (Å²) in [5.74, 6) is 1.23. The van der Waals surface area contributed by atoms with E-state index in [-0.39, 0.29) is 5.54 Å². The Morgan fingerprint density at radius 1 is 1.35 bits per heavy atom. The summed E-state index contributed by atoms with van der Waals surface area (Å²) in [6.45, 7) is 7.32. The Balaban J connectivity index is 2.13. The molecule has 1 aliphatic heterocycles. The number of hydrogen-bond donors (Lipinski definition) is 2. The highest BCUT2D eigenvalue weighted by Gasteiger charge is 2.30. The van der Waals surface area contributed by atoms with Gasteiger partial charge < -0.3 is 11.1 Å². The van der Waals surface area contributed by atoms with Crippen molar-refractivity contribution in [2.75, 3.05) is 6.54 Å². The Labute approximate surface area is 103 Å². The molecule has 0 aromatic heterocycles. The van der Waals surface area contributed by atoms with Crippen molar-refractivity contribution in [2.45, 2.75) is 32.7 Å². The monoisotopic (exact) mass is 231 g/mol. The average molecular weight is 231 g/mol. The molecule has 3 nitrogen and oxygen atoms in total. The van der Waals surface area contributed by atoms with Crippen LogP contribution in [0, 0.1) is 5.92 Å². The first-order valence-corrected chi connectivity index (χ1v) is 6.17. The van der Waals surface area contributed by atoms with E-state index >= 15 is 0 Å². The lowest BCUT2D eigenvalue weighted by Crippen LogP contribution is -2.42. The minimum Gasteiger partial charge on any atom is -0.370 e. The van der Waals surface area contributed by atoms with Crippen molar-refractivity contribution in [2.24, 2.45) is 16.6 Å². The fourth-order valence-electron chi connectivity index (χ4n) is 2.25. The Morgan fingerprint density at radius 3 is 2.47 bits per heavy atom. The molecule has 92 valence electrons. The molecule has 17 heavy (non-hydrogen) atoms. The molecule has 2 rings (SSSR count). The number of hydrogen-bond acceptors (Lipinski definition) is 3. The highest BCUT2D eigenvalue weighted by Crippen LogP contribution is 2.24. The van der Waals surface area contributed by atoms with Crippen LogP contribution in [0.2, 0.25) is 0 Å². The number of nitrogens with one attached hydrogen (secondary N) is 1. The second-order valence-electron chi connectivity index (χ2n) is 5.45. The molecule has 0 fully saturated rings. The smallest absolute Gasteiger partial charge is 0.189 e. The van der Waals surface area contributed by atoms with Crippen LogP contribution in [0.4, 0.5) is 0 Å². The number of nitrogens with zero attached hydrogens (tertiary/aromatic N) is 1. The highest BCUT2D eigenvalue weighted by molar-refractivity contribution is 5.81. The molecular formula is C14H21N3. The van der Waals surface area contributed by atoms with Gasteiger partial charge in [0.25, 0.3) is 0 Å². The second kappa shape index (κ2) is 4.40. The van der Waals surface area contributed by atoms with Crippen molar-refractivity contribution in [3.05, 3.63) is 35.4 Å². The van der Waals surface area contributed by atoms with E-state index in [0.29, 0.717) is 18.4 Å². The van der Waals surface area contributed by atoms with Crippen LogP contribution in [0.3, 0.4) is 0 Å². The molecule has 1 atom stereocenters. The summed E-state index contributed by atoms with van der Waals surface area (Å²) in [6, 6.07) is 8.77. The van der Waals surface area contributed by atoms with E-state index < -0.39 is 0 Å². The molecule has 3 N–H and O–H groups in total. The zero-order chi connectivity index (χ0) is 12.5. The summed E-state index contributed by atoms with van der Waals surface area (Å²) in [6.07, 6.45) is 1.13. The molecule has 1 aliphatic rings. The largest absolute Gasteiger partial charge is 0.370 e. The van der Waals surface area contributed by atoms with Crippen LogP contribution in [0.1, 0.15) is 31.9 Å². The molecule has 0 saturated carbocycles. The molecule has 0 aliphatic carbocycles. The van der Waals surface area contributed by atoms with E-state index in [2.05, 4.69) is 55.3 Å². The normalized spacial score (nSPS) is 23.6. The third-order valence-electron chi connectivity index (χ3n) is 3.20. The molecular weight excluding hydrogens is 210 g/mol. The molecule has 0 radical (unpaired) electrons. The zero-order valence-corrected chi connectivity index (χ0v) is 10.8. The van der Waals surface area contributed by atoms with Crippen molar-refractivity contribution >= 4 is 5.96 Å². The Bertz CT molecular complexity index is 420. The van der Waals surface area contributed by atoms with E-state index in [1.165, 1.54) is 11.1 Å². The average Bonchev–Trinajstić information content (AvgIpc) is 2.60. The summed E-state index contributed by atoms with van der Waals surface area (Å²) in [5.41, 5.74) is 8.18. The van der Waals surface area contributed by atoms with E-state index in [1.54, 1.807) is 0 Å². The number of benzene rings is 1. The summed E-state index contributed by atoms with van der Waals surface area (Å²) in [7, 11) is 0. The standard InChI is InChI=1S/C14H21N3/c1-10(2)8-11-4-6-12(7-5-11)14(3)9-16-13(15)17-14/h4-7,10H,8-9H2,1-3H3,(H3,15,16,17). The quantitative estimate of drug-likeness (QED) is 0.836. The zero-order valence-electron chi connectivity index (χ0n) is 10.8. The van der Waals surface area contributed by atoms with Crippen LogP contribution >= 0.6 is 0 Å². The van der Waals surface area contributed by atoms with Crippen LogP contribution in [0.25, 0.3) is 0 Å². The van der Waals surface area contributed by atoms with Gasteiger partial charge in [0.15, 0.2) is 5.96 Å². The van der Waals surface area contributed by atoms with Gasteiger partial charge in [-0.1, -0.05) is 38.1 Å². The van der Waals surface area contributed by atoms with Crippen molar-refractivity contribution in [1.29, 1.82) is 0 Å². The first-order chi connectivity index (χ1) is 7.99. The lowest BCUT2D eigenvalue weighted by atomic mass is 9.91. The molecule has 0 spiro atoms. The molecule has 0 bridgehead atoms. The van der Waals surface area contributed by atoms with Crippen molar-refractivity contribution in [3.63, 3.8) is 0 Å². The molecule has 0 amide bonds. The minimum atomic E-state index is -0.138. The Morgan fingerprint density at radius 2 is 2.00 bits per heavy atom. The van der Waals surface area contributed by atoms with Gasteiger partial charge in [0, 0.05) is 0 Å². The van der Waals surface area contributed by atoms with E-state index in [9.17, 15) is 0 Å².